The maximum Gasteiger partial charge on any atom is 0.0700 e. The molecule has 0 N–H and O–H groups in total. The molecule has 0 aliphatic rings. The summed E-state index contributed by atoms with van der Waals surface area (Å²) >= 11 is 0. The fraction of sp³-hybridized carbons (Fsp3) is 1.00. The first-order valence-corrected chi connectivity index (χ1v) is 13.1. The lowest BCUT2D eigenvalue weighted by Gasteiger charge is -2.14. The zero-order valence-electron chi connectivity index (χ0n) is 20.9. The van der Waals surface area contributed by atoms with Gasteiger partial charge in [-0.3, -0.25) is 0 Å². The summed E-state index contributed by atoms with van der Waals surface area (Å²) in [6.45, 7) is 15.4. The molecule has 0 aromatic carbocycles. The van der Waals surface area contributed by atoms with Crippen LogP contribution in [0, 0.1) is 11.8 Å². The van der Waals surface area contributed by atoms with Crippen molar-refractivity contribution in [2.75, 3.05) is 52.9 Å². The van der Waals surface area contributed by atoms with Gasteiger partial charge >= 0.3 is 0 Å². The van der Waals surface area contributed by atoms with Gasteiger partial charge in [0.15, 0.2) is 0 Å². The predicted molar refractivity (Wildman–Crippen MR) is 128 cm³/mol. The van der Waals surface area contributed by atoms with Gasteiger partial charge in [0.05, 0.1) is 26.4 Å². The van der Waals surface area contributed by atoms with Crippen LogP contribution in [0.1, 0.15) is 105 Å². The van der Waals surface area contributed by atoms with Crippen LogP contribution in [-0.4, -0.2) is 52.9 Å². The Kier molecular flexibility index (Phi) is 25.0. The third-order valence-electron chi connectivity index (χ3n) is 5.87. The Balaban J connectivity index is 3.22. The molecular weight excluding hydrogens is 376 g/mol. The summed E-state index contributed by atoms with van der Waals surface area (Å²) in [6, 6.07) is 0. The van der Waals surface area contributed by atoms with Crippen molar-refractivity contribution in [2.24, 2.45) is 11.8 Å². The molecule has 30 heavy (non-hydrogen) atoms. The van der Waals surface area contributed by atoms with E-state index >= 15 is 0 Å². The van der Waals surface area contributed by atoms with Crippen molar-refractivity contribution in [3.63, 3.8) is 0 Å². The van der Waals surface area contributed by atoms with E-state index in [1.807, 2.05) is 0 Å². The zero-order chi connectivity index (χ0) is 22.1. The molecule has 4 nitrogen and oxygen atoms in total. The monoisotopic (exact) mass is 430 g/mol. The number of hydrogen-bond acceptors (Lipinski definition) is 4. The summed E-state index contributed by atoms with van der Waals surface area (Å²) in [7, 11) is 0. The molecule has 0 aromatic heterocycles. The Morgan fingerprint density at radius 1 is 0.433 bits per heavy atom. The van der Waals surface area contributed by atoms with Gasteiger partial charge in [0, 0.05) is 26.4 Å². The van der Waals surface area contributed by atoms with Crippen LogP contribution in [0.25, 0.3) is 0 Å². The molecular formula is C26H54O4. The van der Waals surface area contributed by atoms with E-state index in [0.29, 0.717) is 0 Å². The number of unbranched alkanes of at least 4 members (excludes halogenated alkanes) is 5. The van der Waals surface area contributed by atoms with Crippen LogP contribution >= 0.6 is 0 Å². The molecule has 2 atom stereocenters. The van der Waals surface area contributed by atoms with Gasteiger partial charge in [0.1, 0.15) is 0 Å². The van der Waals surface area contributed by atoms with Gasteiger partial charge in [-0.1, -0.05) is 79.1 Å². The molecule has 0 heterocycles. The summed E-state index contributed by atoms with van der Waals surface area (Å²) < 4.78 is 22.9. The average Bonchev–Trinajstić information content (AvgIpc) is 2.77. The molecule has 0 fully saturated rings. The van der Waals surface area contributed by atoms with Gasteiger partial charge < -0.3 is 18.9 Å². The average molecular weight is 431 g/mol. The Bertz CT molecular complexity index is 281. The highest BCUT2D eigenvalue weighted by Gasteiger charge is 2.06. The van der Waals surface area contributed by atoms with E-state index in [2.05, 4.69) is 27.7 Å². The van der Waals surface area contributed by atoms with Gasteiger partial charge in [-0.2, -0.15) is 0 Å². The lowest BCUT2D eigenvalue weighted by Crippen LogP contribution is -2.13. The van der Waals surface area contributed by atoms with Crippen molar-refractivity contribution in [1.29, 1.82) is 0 Å². The third-order valence-corrected chi connectivity index (χ3v) is 5.87. The summed E-state index contributed by atoms with van der Waals surface area (Å²) in [5.41, 5.74) is 0. The van der Waals surface area contributed by atoms with E-state index in [4.69, 9.17) is 18.9 Å². The highest BCUT2D eigenvalue weighted by molar-refractivity contribution is 4.56. The van der Waals surface area contributed by atoms with Crippen molar-refractivity contribution >= 4 is 0 Å². The fourth-order valence-electron chi connectivity index (χ4n) is 3.50. The van der Waals surface area contributed by atoms with Gasteiger partial charge in [0.25, 0.3) is 0 Å². The SMILES string of the molecule is CCCCC(CC)COCCOCCCCCCOCCOCC(CC)CCCC. The Labute approximate surface area is 188 Å². The molecule has 2 unspecified atom stereocenters. The van der Waals surface area contributed by atoms with Gasteiger partial charge in [-0.25, -0.2) is 0 Å². The summed E-state index contributed by atoms with van der Waals surface area (Å²) in [5, 5.41) is 0. The van der Waals surface area contributed by atoms with Crippen LogP contribution in [0.4, 0.5) is 0 Å². The van der Waals surface area contributed by atoms with E-state index in [1.165, 1.54) is 64.2 Å². The number of rotatable bonds is 25. The molecule has 0 bridgehead atoms. The molecule has 182 valence electrons. The highest BCUT2D eigenvalue weighted by atomic mass is 16.5. The fourth-order valence-corrected chi connectivity index (χ4v) is 3.50. The number of hydrogen-bond donors (Lipinski definition) is 0. The van der Waals surface area contributed by atoms with Crippen molar-refractivity contribution < 1.29 is 18.9 Å². The van der Waals surface area contributed by atoms with E-state index < -0.39 is 0 Å². The van der Waals surface area contributed by atoms with Gasteiger partial charge in [-0.15, -0.1) is 0 Å². The quantitative estimate of drug-likeness (QED) is 0.145. The van der Waals surface area contributed by atoms with Crippen molar-refractivity contribution in [3.8, 4) is 0 Å². The first-order valence-electron chi connectivity index (χ1n) is 13.1. The van der Waals surface area contributed by atoms with Crippen molar-refractivity contribution in [1.82, 2.24) is 0 Å². The second-order valence-corrected chi connectivity index (χ2v) is 8.62. The minimum atomic E-state index is 0.720. The Morgan fingerprint density at radius 2 is 0.833 bits per heavy atom. The molecule has 4 heteroatoms. The van der Waals surface area contributed by atoms with Crippen molar-refractivity contribution in [3.05, 3.63) is 0 Å². The summed E-state index contributed by atoms with van der Waals surface area (Å²) in [5.74, 6) is 1.44. The Hall–Kier alpha value is -0.160. The largest absolute Gasteiger partial charge is 0.379 e. The molecule has 0 aromatic rings. The molecule has 0 spiro atoms. The maximum atomic E-state index is 5.77. The zero-order valence-corrected chi connectivity index (χ0v) is 20.9. The van der Waals surface area contributed by atoms with Crippen molar-refractivity contribution in [2.45, 2.75) is 105 Å². The molecule has 0 saturated heterocycles. The maximum absolute atomic E-state index is 5.77. The van der Waals surface area contributed by atoms with Gasteiger partial charge in [0.2, 0.25) is 0 Å². The Morgan fingerprint density at radius 3 is 1.20 bits per heavy atom. The minimum absolute atomic E-state index is 0.720. The van der Waals surface area contributed by atoms with Crippen LogP contribution < -0.4 is 0 Å². The van der Waals surface area contributed by atoms with Crippen LogP contribution in [-0.2, 0) is 18.9 Å². The predicted octanol–water partition coefficient (Wildman–Crippen LogP) is 7.05. The molecule has 0 aliphatic heterocycles. The minimum Gasteiger partial charge on any atom is -0.379 e. The first kappa shape index (κ1) is 29.8. The summed E-state index contributed by atoms with van der Waals surface area (Å²) in [6.07, 6.45) is 14.9. The van der Waals surface area contributed by atoms with Crippen LogP contribution in [0.15, 0.2) is 0 Å². The topological polar surface area (TPSA) is 36.9 Å². The highest BCUT2D eigenvalue weighted by Crippen LogP contribution is 2.13. The molecule has 0 radical (unpaired) electrons. The number of ether oxygens (including phenoxy) is 4. The van der Waals surface area contributed by atoms with Crippen LogP contribution in [0.5, 0.6) is 0 Å². The van der Waals surface area contributed by atoms with Crippen LogP contribution in [0.3, 0.4) is 0 Å². The normalized spacial score (nSPS) is 13.6. The van der Waals surface area contributed by atoms with Crippen LogP contribution in [0.2, 0.25) is 0 Å². The lowest BCUT2D eigenvalue weighted by molar-refractivity contribution is 0.0276. The lowest BCUT2D eigenvalue weighted by atomic mass is 10.0. The molecule has 0 amide bonds. The van der Waals surface area contributed by atoms with E-state index in [1.54, 1.807) is 0 Å². The van der Waals surface area contributed by atoms with E-state index in [-0.39, 0.29) is 0 Å². The van der Waals surface area contributed by atoms with Gasteiger partial charge in [-0.05, 0) is 37.5 Å². The first-order chi connectivity index (χ1) is 14.8. The standard InChI is InChI=1S/C26H54O4/c1-5-9-15-25(7-3)23-29-21-19-27-17-13-11-12-14-18-28-20-22-30-24-26(8-4)16-10-6-2/h25-26H,5-24H2,1-4H3. The second kappa shape index (κ2) is 25.1. The summed E-state index contributed by atoms with van der Waals surface area (Å²) in [4.78, 5) is 0. The third kappa shape index (κ3) is 21.1. The molecule has 0 saturated carbocycles. The molecule has 0 rings (SSSR count). The van der Waals surface area contributed by atoms with E-state index in [0.717, 1.165) is 77.5 Å². The second-order valence-electron chi connectivity index (χ2n) is 8.62. The molecule has 0 aliphatic carbocycles. The van der Waals surface area contributed by atoms with E-state index in [9.17, 15) is 0 Å². The smallest absolute Gasteiger partial charge is 0.0700 e.